The number of hydrogen-bond donors (Lipinski definition) is 2. The van der Waals surface area contributed by atoms with Gasteiger partial charge in [-0.05, 0) is 6.42 Å². The SMILES string of the molecule is CCCCCCCCCCCCCC[C@H]1OC[C@@H](N)[C@H]1O. The summed E-state index contributed by atoms with van der Waals surface area (Å²) in [4.78, 5) is 0. The number of hydrogen-bond acceptors (Lipinski definition) is 3. The number of aliphatic hydroxyl groups is 1. The minimum Gasteiger partial charge on any atom is -0.389 e. The molecule has 0 amide bonds. The molecule has 1 saturated heterocycles. The van der Waals surface area contributed by atoms with Crippen molar-refractivity contribution in [3.8, 4) is 0 Å². The lowest BCUT2D eigenvalue weighted by Gasteiger charge is -2.14. The quantitative estimate of drug-likeness (QED) is 0.502. The molecule has 0 bridgehead atoms. The molecule has 0 aromatic carbocycles. The first-order valence-electron chi connectivity index (χ1n) is 9.31. The van der Waals surface area contributed by atoms with Crippen molar-refractivity contribution in [3.05, 3.63) is 0 Å². The predicted molar refractivity (Wildman–Crippen MR) is 89.4 cm³/mol. The Hall–Kier alpha value is -0.120. The molecule has 3 heteroatoms. The smallest absolute Gasteiger partial charge is 0.0974 e. The first-order valence-corrected chi connectivity index (χ1v) is 9.31. The highest BCUT2D eigenvalue weighted by molar-refractivity contribution is 4.85. The lowest BCUT2D eigenvalue weighted by atomic mass is 10.0. The van der Waals surface area contributed by atoms with E-state index in [1.165, 1.54) is 70.6 Å². The van der Waals surface area contributed by atoms with Crippen LogP contribution in [0, 0.1) is 0 Å². The third-order valence-electron chi connectivity index (χ3n) is 4.66. The molecule has 0 aromatic rings. The van der Waals surface area contributed by atoms with Crippen LogP contribution in [0.3, 0.4) is 0 Å². The Bertz CT molecular complexity index is 235. The van der Waals surface area contributed by atoms with E-state index in [1.54, 1.807) is 0 Å². The zero-order valence-electron chi connectivity index (χ0n) is 14.1. The van der Waals surface area contributed by atoms with Gasteiger partial charge in [0, 0.05) is 0 Å². The number of ether oxygens (including phenoxy) is 1. The van der Waals surface area contributed by atoms with Crippen LogP contribution in [0.5, 0.6) is 0 Å². The predicted octanol–water partition coefficient (Wildman–Crippen LogP) is 4.16. The van der Waals surface area contributed by atoms with Crippen LogP contribution in [0.15, 0.2) is 0 Å². The Labute approximate surface area is 131 Å². The standard InChI is InChI=1S/C18H37NO2/c1-2-3-4-5-6-7-8-9-10-11-12-13-14-17-18(20)16(19)15-21-17/h16-18,20H,2-15,19H2,1H3/t16-,17-,18-/m1/s1. The summed E-state index contributed by atoms with van der Waals surface area (Å²) in [5.41, 5.74) is 5.73. The van der Waals surface area contributed by atoms with Crippen molar-refractivity contribution in [2.24, 2.45) is 5.73 Å². The maximum Gasteiger partial charge on any atom is 0.0974 e. The van der Waals surface area contributed by atoms with E-state index in [-0.39, 0.29) is 12.1 Å². The summed E-state index contributed by atoms with van der Waals surface area (Å²) in [6.07, 6.45) is 16.9. The van der Waals surface area contributed by atoms with Gasteiger partial charge in [-0.25, -0.2) is 0 Å². The van der Waals surface area contributed by atoms with Crippen LogP contribution < -0.4 is 5.73 Å². The number of unbranched alkanes of at least 4 members (excludes halogenated alkanes) is 11. The fourth-order valence-electron chi connectivity index (χ4n) is 3.15. The van der Waals surface area contributed by atoms with E-state index < -0.39 is 6.10 Å². The van der Waals surface area contributed by atoms with Crippen molar-refractivity contribution < 1.29 is 9.84 Å². The maximum atomic E-state index is 9.78. The molecule has 21 heavy (non-hydrogen) atoms. The molecular weight excluding hydrogens is 262 g/mol. The Kier molecular flexibility index (Phi) is 11.2. The highest BCUT2D eigenvalue weighted by Crippen LogP contribution is 2.19. The molecule has 0 saturated carbocycles. The topological polar surface area (TPSA) is 55.5 Å². The van der Waals surface area contributed by atoms with Crippen molar-refractivity contribution in [1.82, 2.24) is 0 Å². The number of rotatable bonds is 13. The van der Waals surface area contributed by atoms with E-state index in [2.05, 4.69) is 6.92 Å². The molecule has 0 aliphatic carbocycles. The molecular formula is C18H37NO2. The summed E-state index contributed by atoms with van der Waals surface area (Å²) in [6.45, 7) is 2.79. The average molecular weight is 299 g/mol. The van der Waals surface area contributed by atoms with Gasteiger partial charge >= 0.3 is 0 Å². The van der Waals surface area contributed by atoms with Crippen LogP contribution >= 0.6 is 0 Å². The summed E-state index contributed by atoms with van der Waals surface area (Å²) < 4.78 is 5.50. The largest absolute Gasteiger partial charge is 0.389 e. The molecule has 3 nitrogen and oxygen atoms in total. The van der Waals surface area contributed by atoms with Crippen LogP contribution in [0.4, 0.5) is 0 Å². The molecule has 1 rings (SSSR count). The van der Waals surface area contributed by atoms with Crippen LogP contribution in [0.1, 0.15) is 90.4 Å². The van der Waals surface area contributed by atoms with E-state index in [4.69, 9.17) is 10.5 Å². The molecule has 126 valence electrons. The van der Waals surface area contributed by atoms with Gasteiger partial charge in [0.2, 0.25) is 0 Å². The van der Waals surface area contributed by atoms with Gasteiger partial charge in [0.25, 0.3) is 0 Å². The molecule has 0 unspecified atom stereocenters. The molecule has 1 aliphatic heterocycles. The molecule has 0 spiro atoms. The fourth-order valence-corrected chi connectivity index (χ4v) is 3.15. The second kappa shape index (κ2) is 12.4. The van der Waals surface area contributed by atoms with Gasteiger partial charge in [0.1, 0.15) is 0 Å². The molecule has 3 atom stereocenters. The van der Waals surface area contributed by atoms with Gasteiger partial charge in [-0.1, -0.05) is 84.0 Å². The third-order valence-corrected chi connectivity index (χ3v) is 4.66. The summed E-state index contributed by atoms with van der Waals surface area (Å²) >= 11 is 0. The Morgan fingerprint density at radius 2 is 1.33 bits per heavy atom. The average Bonchev–Trinajstić information content (AvgIpc) is 2.80. The Balaban J connectivity index is 1.77. The van der Waals surface area contributed by atoms with Gasteiger partial charge in [-0.15, -0.1) is 0 Å². The van der Waals surface area contributed by atoms with Crippen molar-refractivity contribution in [3.63, 3.8) is 0 Å². The van der Waals surface area contributed by atoms with Crippen LogP contribution in [0.2, 0.25) is 0 Å². The molecule has 3 N–H and O–H groups in total. The number of aliphatic hydroxyl groups excluding tert-OH is 1. The summed E-state index contributed by atoms with van der Waals surface area (Å²) in [5, 5.41) is 9.78. The van der Waals surface area contributed by atoms with Crippen molar-refractivity contribution in [1.29, 1.82) is 0 Å². The summed E-state index contributed by atoms with van der Waals surface area (Å²) in [6, 6.07) is -0.174. The lowest BCUT2D eigenvalue weighted by Crippen LogP contribution is -2.36. The van der Waals surface area contributed by atoms with Gasteiger partial charge in [0.05, 0.1) is 24.9 Å². The van der Waals surface area contributed by atoms with Crippen molar-refractivity contribution in [2.45, 2.75) is 109 Å². The third kappa shape index (κ3) is 8.80. The van der Waals surface area contributed by atoms with E-state index in [0.29, 0.717) is 6.61 Å². The molecule has 1 fully saturated rings. The molecule has 1 aliphatic rings. The second-order valence-electron chi connectivity index (χ2n) is 6.70. The maximum absolute atomic E-state index is 9.78. The minimum atomic E-state index is -0.447. The van der Waals surface area contributed by atoms with Crippen molar-refractivity contribution >= 4 is 0 Å². The van der Waals surface area contributed by atoms with Gasteiger partial charge in [-0.2, -0.15) is 0 Å². The Morgan fingerprint density at radius 1 is 0.857 bits per heavy atom. The van der Waals surface area contributed by atoms with Crippen LogP contribution in [0.25, 0.3) is 0 Å². The summed E-state index contributed by atoms with van der Waals surface area (Å²) in [7, 11) is 0. The van der Waals surface area contributed by atoms with E-state index in [9.17, 15) is 5.11 Å². The van der Waals surface area contributed by atoms with E-state index in [1.807, 2.05) is 0 Å². The van der Waals surface area contributed by atoms with E-state index >= 15 is 0 Å². The van der Waals surface area contributed by atoms with Gasteiger partial charge < -0.3 is 15.6 Å². The first kappa shape index (κ1) is 18.9. The number of nitrogens with two attached hydrogens (primary N) is 1. The second-order valence-corrected chi connectivity index (χ2v) is 6.70. The fraction of sp³-hybridized carbons (Fsp3) is 1.00. The highest BCUT2D eigenvalue weighted by atomic mass is 16.5. The Morgan fingerprint density at radius 3 is 1.76 bits per heavy atom. The molecule has 0 radical (unpaired) electrons. The lowest BCUT2D eigenvalue weighted by molar-refractivity contribution is 0.0342. The first-order chi connectivity index (χ1) is 10.3. The minimum absolute atomic E-state index is 0.0110. The molecule has 0 aromatic heterocycles. The monoisotopic (exact) mass is 299 g/mol. The molecule has 1 heterocycles. The van der Waals surface area contributed by atoms with Crippen LogP contribution in [-0.2, 0) is 4.74 Å². The van der Waals surface area contributed by atoms with Gasteiger partial charge in [-0.3, -0.25) is 0 Å². The van der Waals surface area contributed by atoms with Crippen LogP contribution in [-0.4, -0.2) is 30.0 Å². The van der Waals surface area contributed by atoms with Gasteiger partial charge in [0.15, 0.2) is 0 Å². The highest BCUT2D eigenvalue weighted by Gasteiger charge is 2.32. The zero-order chi connectivity index (χ0) is 15.3. The zero-order valence-corrected chi connectivity index (χ0v) is 14.1. The normalized spacial score (nSPS) is 25.6. The van der Waals surface area contributed by atoms with Crippen molar-refractivity contribution in [2.75, 3.05) is 6.61 Å². The van der Waals surface area contributed by atoms with E-state index in [0.717, 1.165) is 12.8 Å². The summed E-state index contributed by atoms with van der Waals surface area (Å²) in [5.74, 6) is 0.